The molecular formula is C12H19N3O. The molecule has 1 atom stereocenters. The summed E-state index contributed by atoms with van der Waals surface area (Å²) in [6.07, 6.45) is 8.10. The molecule has 2 rings (SSSR count). The van der Waals surface area contributed by atoms with Crippen LogP contribution >= 0.6 is 0 Å². The number of aromatic nitrogens is 2. The second-order valence-electron chi connectivity index (χ2n) is 4.16. The lowest BCUT2D eigenvalue weighted by molar-refractivity contribution is 0.0486. The van der Waals surface area contributed by atoms with Crippen molar-refractivity contribution in [1.29, 1.82) is 0 Å². The summed E-state index contributed by atoms with van der Waals surface area (Å²) in [6, 6.07) is 0. The predicted octanol–water partition coefficient (Wildman–Crippen LogP) is 1.91. The summed E-state index contributed by atoms with van der Waals surface area (Å²) in [5.41, 5.74) is 0. The van der Waals surface area contributed by atoms with Crippen molar-refractivity contribution in [3.8, 4) is 0 Å². The molecule has 1 saturated heterocycles. The van der Waals surface area contributed by atoms with Gasteiger partial charge in [0, 0.05) is 38.0 Å². The van der Waals surface area contributed by atoms with Gasteiger partial charge in [-0.05, 0) is 12.8 Å². The number of ether oxygens (including phenoxy) is 1. The Morgan fingerprint density at radius 1 is 1.69 bits per heavy atom. The highest BCUT2D eigenvalue weighted by Crippen LogP contribution is 2.17. The van der Waals surface area contributed by atoms with Crippen LogP contribution in [0.25, 0.3) is 0 Å². The highest BCUT2D eigenvalue weighted by atomic mass is 16.5. The van der Waals surface area contributed by atoms with E-state index >= 15 is 0 Å². The minimum absolute atomic E-state index is 0.618. The lowest BCUT2D eigenvalue weighted by atomic mass is 10.0. The van der Waals surface area contributed by atoms with E-state index in [0.29, 0.717) is 5.92 Å². The maximum absolute atomic E-state index is 5.48. The maximum atomic E-state index is 5.48. The second kappa shape index (κ2) is 5.70. The molecule has 16 heavy (non-hydrogen) atoms. The lowest BCUT2D eigenvalue weighted by Gasteiger charge is -2.23. The number of anilines is 1. The number of rotatable bonds is 5. The number of hydrogen-bond acceptors (Lipinski definition) is 3. The lowest BCUT2D eigenvalue weighted by Crippen LogP contribution is -2.22. The summed E-state index contributed by atoms with van der Waals surface area (Å²) in [7, 11) is 0. The normalized spacial score (nSPS) is 20.6. The van der Waals surface area contributed by atoms with E-state index < -0.39 is 0 Å². The molecule has 1 N–H and O–H groups in total. The number of imidazole rings is 1. The Labute approximate surface area is 96.3 Å². The average molecular weight is 221 g/mol. The van der Waals surface area contributed by atoms with E-state index in [-0.39, 0.29) is 0 Å². The SMILES string of the molecule is C=CCNc1nccn1CC1CCCOC1. The molecule has 2 heterocycles. The Hall–Kier alpha value is -1.29. The Morgan fingerprint density at radius 2 is 2.62 bits per heavy atom. The van der Waals surface area contributed by atoms with E-state index in [1.54, 1.807) is 0 Å². The molecule has 0 saturated carbocycles. The van der Waals surface area contributed by atoms with Gasteiger partial charge in [-0.3, -0.25) is 0 Å². The maximum Gasteiger partial charge on any atom is 0.203 e. The summed E-state index contributed by atoms with van der Waals surface area (Å²) in [5, 5.41) is 3.23. The van der Waals surface area contributed by atoms with E-state index in [1.807, 2.05) is 18.5 Å². The van der Waals surface area contributed by atoms with Gasteiger partial charge in [0.2, 0.25) is 5.95 Å². The smallest absolute Gasteiger partial charge is 0.203 e. The molecule has 1 unspecified atom stereocenters. The van der Waals surface area contributed by atoms with Crippen molar-refractivity contribution in [1.82, 2.24) is 9.55 Å². The summed E-state index contributed by atoms with van der Waals surface area (Å²) >= 11 is 0. The first-order valence-electron chi connectivity index (χ1n) is 5.84. The van der Waals surface area contributed by atoms with Crippen LogP contribution < -0.4 is 5.32 Å². The minimum atomic E-state index is 0.618. The van der Waals surface area contributed by atoms with E-state index in [1.165, 1.54) is 12.8 Å². The highest BCUT2D eigenvalue weighted by Gasteiger charge is 2.15. The van der Waals surface area contributed by atoms with Crippen molar-refractivity contribution in [2.45, 2.75) is 19.4 Å². The van der Waals surface area contributed by atoms with Crippen molar-refractivity contribution < 1.29 is 4.74 Å². The van der Waals surface area contributed by atoms with Gasteiger partial charge >= 0.3 is 0 Å². The number of nitrogens with one attached hydrogen (secondary N) is 1. The zero-order valence-electron chi connectivity index (χ0n) is 9.56. The van der Waals surface area contributed by atoms with Crippen molar-refractivity contribution >= 4 is 5.95 Å². The van der Waals surface area contributed by atoms with Gasteiger partial charge in [0.05, 0.1) is 6.61 Å². The molecule has 0 spiro atoms. The number of hydrogen-bond donors (Lipinski definition) is 1. The summed E-state index contributed by atoms with van der Waals surface area (Å²) in [6.45, 7) is 7.21. The van der Waals surface area contributed by atoms with E-state index in [9.17, 15) is 0 Å². The first kappa shape index (κ1) is 11.2. The topological polar surface area (TPSA) is 39.1 Å². The average Bonchev–Trinajstić information content (AvgIpc) is 2.75. The van der Waals surface area contributed by atoms with Crippen molar-refractivity contribution in [2.75, 3.05) is 25.1 Å². The molecule has 1 fully saturated rings. The zero-order chi connectivity index (χ0) is 11.2. The Kier molecular flexibility index (Phi) is 3.99. The molecule has 0 aliphatic carbocycles. The molecule has 88 valence electrons. The fourth-order valence-corrected chi connectivity index (χ4v) is 2.02. The molecule has 1 aromatic rings. The van der Waals surface area contributed by atoms with Crippen LogP contribution in [-0.4, -0.2) is 29.3 Å². The molecule has 0 bridgehead atoms. The minimum Gasteiger partial charge on any atom is -0.381 e. The first-order chi connectivity index (χ1) is 7.90. The van der Waals surface area contributed by atoms with Gasteiger partial charge in [-0.2, -0.15) is 0 Å². The van der Waals surface area contributed by atoms with E-state index in [0.717, 1.165) is 32.3 Å². The van der Waals surface area contributed by atoms with E-state index in [2.05, 4.69) is 21.4 Å². The van der Waals surface area contributed by atoms with Crippen LogP contribution in [0, 0.1) is 5.92 Å². The van der Waals surface area contributed by atoms with Crippen LogP contribution in [-0.2, 0) is 11.3 Å². The fourth-order valence-electron chi connectivity index (χ4n) is 2.02. The molecule has 1 aliphatic heterocycles. The van der Waals surface area contributed by atoms with Gasteiger partial charge in [-0.15, -0.1) is 6.58 Å². The summed E-state index contributed by atoms with van der Waals surface area (Å²) < 4.78 is 7.64. The molecule has 4 nitrogen and oxygen atoms in total. The van der Waals surface area contributed by atoms with Gasteiger partial charge in [-0.1, -0.05) is 6.08 Å². The third-order valence-electron chi connectivity index (χ3n) is 2.83. The van der Waals surface area contributed by atoms with E-state index in [4.69, 9.17) is 4.74 Å². The predicted molar refractivity (Wildman–Crippen MR) is 64.5 cm³/mol. The molecular weight excluding hydrogens is 202 g/mol. The van der Waals surface area contributed by atoms with Crippen LogP contribution in [0.5, 0.6) is 0 Å². The number of nitrogens with zero attached hydrogens (tertiary/aromatic N) is 2. The summed E-state index contributed by atoms with van der Waals surface area (Å²) in [4.78, 5) is 4.28. The first-order valence-corrected chi connectivity index (χ1v) is 5.84. The molecule has 4 heteroatoms. The standard InChI is InChI=1S/C12H19N3O/c1-2-5-13-12-14-6-7-15(12)9-11-4-3-8-16-10-11/h2,6-7,11H,1,3-5,8-10H2,(H,13,14). The van der Waals surface area contributed by atoms with Crippen LogP contribution in [0.3, 0.4) is 0 Å². The fraction of sp³-hybridized carbons (Fsp3) is 0.583. The molecule has 1 aliphatic rings. The van der Waals surface area contributed by atoms with Crippen molar-refractivity contribution in [3.63, 3.8) is 0 Å². The monoisotopic (exact) mass is 221 g/mol. The second-order valence-corrected chi connectivity index (χ2v) is 4.16. The van der Waals surface area contributed by atoms with Crippen LogP contribution in [0.2, 0.25) is 0 Å². The van der Waals surface area contributed by atoms with Crippen molar-refractivity contribution in [3.05, 3.63) is 25.0 Å². The highest BCUT2D eigenvalue weighted by molar-refractivity contribution is 5.26. The van der Waals surface area contributed by atoms with Gasteiger partial charge in [-0.25, -0.2) is 4.98 Å². The Bertz CT molecular complexity index is 329. The molecule has 0 radical (unpaired) electrons. The quantitative estimate of drug-likeness (QED) is 0.772. The van der Waals surface area contributed by atoms with Gasteiger partial charge < -0.3 is 14.6 Å². The molecule has 0 aromatic carbocycles. The largest absolute Gasteiger partial charge is 0.381 e. The van der Waals surface area contributed by atoms with Crippen LogP contribution in [0.1, 0.15) is 12.8 Å². The van der Waals surface area contributed by atoms with Gasteiger partial charge in [0.15, 0.2) is 0 Å². The van der Waals surface area contributed by atoms with Crippen LogP contribution in [0.15, 0.2) is 25.0 Å². The Morgan fingerprint density at radius 3 is 3.38 bits per heavy atom. The molecule has 0 amide bonds. The van der Waals surface area contributed by atoms with Crippen molar-refractivity contribution in [2.24, 2.45) is 5.92 Å². The third-order valence-corrected chi connectivity index (χ3v) is 2.83. The third kappa shape index (κ3) is 2.85. The van der Waals surface area contributed by atoms with Crippen LogP contribution in [0.4, 0.5) is 5.95 Å². The zero-order valence-corrected chi connectivity index (χ0v) is 9.56. The Balaban J connectivity index is 1.91. The van der Waals surface area contributed by atoms with Gasteiger partial charge in [0.1, 0.15) is 0 Å². The molecule has 1 aromatic heterocycles. The van der Waals surface area contributed by atoms with Gasteiger partial charge in [0.25, 0.3) is 0 Å². The summed E-state index contributed by atoms with van der Waals surface area (Å²) in [5.74, 6) is 1.54.